The number of aryl methyl sites for hydroxylation is 1. The lowest BCUT2D eigenvalue weighted by atomic mass is 10.2. The van der Waals surface area contributed by atoms with E-state index in [4.69, 9.17) is 0 Å². The van der Waals surface area contributed by atoms with Crippen LogP contribution in [0, 0.1) is 12.9 Å². The zero-order valence-electron chi connectivity index (χ0n) is 6.69. The molecule has 0 aliphatic rings. The smallest absolute Gasteiger partial charge is 0.216 e. The molecule has 1 aromatic heterocycles. The Morgan fingerprint density at radius 3 is 2.82 bits per heavy atom. The van der Waals surface area contributed by atoms with Crippen LogP contribution in [0.1, 0.15) is 11.3 Å². The highest BCUT2D eigenvalue weighted by atomic mass is 19.1. The SMILES string of the molecule is CNCc1ccc(C)c(F)n1. The number of rotatable bonds is 2. The zero-order valence-corrected chi connectivity index (χ0v) is 6.69. The average Bonchev–Trinajstić information content (AvgIpc) is 1.98. The van der Waals surface area contributed by atoms with Crippen molar-refractivity contribution in [3.8, 4) is 0 Å². The Bertz CT molecular complexity index is 248. The van der Waals surface area contributed by atoms with Crippen LogP contribution in [0.25, 0.3) is 0 Å². The molecule has 3 heteroatoms. The summed E-state index contributed by atoms with van der Waals surface area (Å²) in [5, 5.41) is 2.90. The number of hydrogen-bond acceptors (Lipinski definition) is 2. The molecule has 1 heterocycles. The number of nitrogens with one attached hydrogen (secondary N) is 1. The first-order valence-corrected chi connectivity index (χ1v) is 3.50. The van der Waals surface area contributed by atoms with E-state index in [9.17, 15) is 4.39 Å². The number of halogens is 1. The lowest BCUT2D eigenvalue weighted by Crippen LogP contribution is -2.07. The monoisotopic (exact) mass is 154 g/mol. The molecular weight excluding hydrogens is 143 g/mol. The molecule has 0 unspecified atom stereocenters. The Hall–Kier alpha value is -0.960. The predicted molar refractivity (Wildman–Crippen MR) is 41.7 cm³/mol. The van der Waals surface area contributed by atoms with Gasteiger partial charge < -0.3 is 5.32 Å². The van der Waals surface area contributed by atoms with Crippen LogP contribution in [-0.4, -0.2) is 12.0 Å². The van der Waals surface area contributed by atoms with Gasteiger partial charge in [-0.05, 0) is 20.0 Å². The molecule has 60 valence electrons. The fourth-order valence-electron chi connectivity index (χ4n) is 0.821. The first-order chi connectivity index (χ1) is 5.24. The second kappa shape index (κ2) is 3.44. The van der Waals surface area contributed by atoms with Gasteiger partial charge in [0, 0.05) is 12.1 Å². The summed E-state index contributed by atoms with van der Waals surface area (Å²) < 4.78 is 12.8. The second-order valence-electron chi connectivity index (χ2n) is 2.44. The minimum absolute atomic E-state index is 0.377. The Morgan fingerprint density at radius 2 is 2.27 bits per heavy atom. The molecule has 0 spiro atoms. The Labute approximate surface area is 65.5 Å². The van der Waals surface area contributed by atoms with E-state index in [1.807, 2.05) is 6.07 Å². The normalized spacial score (nSPS) is 10.1. The molecule has 0 aliphatic heterocycles. The first kappa shape index (κ1) is 8.14. The van der Waals surface area contributed by atoms with Gasteiger partial charge in [-0.25, -0.2) is 4.98 Å². The molecule has 0 amide bonds. The Kier molecular flexibility index (Phi) is 2.54. The third-order valence-corrected chi connectivity index (χ3v) is 1.45. The molecule has 1 aromatic rings. The van der Waals surface area contributed by atoms with Gasteiger partial charge >= 0.3 is 0 Å². The van der Waals surface area contributed by atoms with Crippen molar-refractivity contribution >= 4 is 0 Å². The van der Waals surface area contributed by atoms with Crippen LogP contribution in [0.3, 0.4) is 0 Å². The molecule has 1 rings (SSSR count). The van der Waals surface area contributed by atoms with Crippen molar-refractivity contribution in [2.75, 3.05) is 7.05 Å². The second-order valence-corrected chi connectivity index (χ2v) is 2.44. The van der Waals surface area contributed by atoms with Crippen molar-refractivity contribution in [2.45, 2.75) is 13.5 Å². The number of nitrogens with zero attached hydrogens (tertiary/aromatic N) is 1. The number of pyridine rings is 1. The van der Waals surface area contributed by atoms with Crippen LogP contribution in [0.15, 0.2) is 12.1 Å². The van der Waals surface area contributed by atoms with Gasteiger partial charge in [0.05, 0.1) is 5.69 Å². The quantitative estimate of drug-likeness (QED) is 0.648. The van der Waals surface area contributed by atoms with Crippen LogP contribution < -0.4 is 5.32 Å². The molecule has 1 N–H and O–H groups in total. The molecular formula is C8H11FN2. The van der Waals surface area contributed by atoms with Crippen LogP contribution >= 0.6 is 0 Å². The molecule has 0 radical (unpaired) electrons. The highest BCUT2D eigenvalue weighted by Crippen LogP contribution is 2.03. The van der Waals surface area contributed by atoms with E-state index in [1.165, 1.54) is 0 Å². The minimum Gasteiger partial charge on any atom is -0.314 e. The zero-order chi connectivity index (χ0) is 8.27. The summed E-state index contributed by atoms with van der Waals surface area (Å²) >= 11 is 0. The fraction of sp³-hybridized carbons (Fsp3) is 0.375. The lowest BCUT2D eigenvalue weighted by molar-refractivity contribution is 0.564. The van der Waals surface area contributed by atoms with E-state index in [2.05, 4.69) is 10.3 Å². The summed E-state index contributed by atoms with van der Waals surface area (Å²) in [5.74, 6) is -0.377. The predicted octanol–water partition coefficient (Wildman–Crippen LogP) is 1.25. The van der Waals surface area contributed by atoms with Crippen molar-refractivity contribution in [3.63, 3.8) is 0 Å². The summed E-state index contributed by atoms with van der Waals surface area (Å²) in [4.78, 5) is 3.73. The van der Waals surface area contributed by atoms with Crippen LogP contribution in [0.4, 0.5) is 4.39 Å². The van der Waals surface area contributed by atoms with Gasteiger partial charge in [-0.3, -0.25) is 0 Å². The molecule has 0 saturated heterocycles. The Morgan fingerprint density at radius 1 is 1.55 bits per heavy atom. The third-order valence-electron chi connectivity index (χ3n) is 1.45. The number of hydrogen-bond donors (Lipinski definition) is 1. The largest absolute Gasteiger partial charge is 0.314 e. The third kappa shape index (κ3) is 1.98. The van der Waals surface area contributed by atoms with Gasteiger partial charge in [0.1, 0.15) is 0 Å². The average molecular weight is 154 g/mol. The van der Waals surface area contributed by atoms with E-state index < -0.39 is 0 Å². The van der Waals surface area contributed by atoms with Gasteiger partial charge in [-0.2, -0.15) is 4.39 Å². The maximum Gasteiger partial charge on any atom is 0.216 e. The molecule has 0 aromatic carbocycles. The fourth-order valence-corrected chi connectivity index (χ4v) is 0.821. The summed E-state index contributed by atoms with van der Waals surface area (Å²) in [6, 6.07) is 3.55. The van der Waals surface area contributed by atoms with Crippen LogP contribution in [0.2, 0.25) is 0 Å². The van der Waals surface area contributed by atoms with E-state index >= 15 is 0 Å². The molecule has 0 fully saturated rings. The highest BCUT2D eigenvalue weighted by Gasteiger charge is 1.98. The molecule has 0 bridgehead atoms. The van der Waals surface area contributed by atoms with Gasteiger partial charge in [0.15, 0.2) is 0 Å². The van der Waals surface area contributed by atoms with Gasteiger partial charge in [0.25, 0.3) is 0 Å². The summed E-state index contributed by atoms with van der Waals surface area (Å²) in [5.41, 5.74) is 1.32. The van der Waals surface area contributed by atoms with E-state index in [-0.39, 0.29) is 5.95 Å². The molecule has 0 atom stereocenters. The topological polar surface area (TPSA) is 24.9 Å². The molecule has 2 nitrogen and oxygen atoms in total. The number of aromatic nitrogens is 1. The van der Waals surface area contributed by atoms with E-state index in [0.717, 1.165) is 5.69 Å². The standard InChI is InChI=1S/C8H11FN2/c1-6-3-4-7(5-10-2)11-8(6)9/h3-4,10H,5H2,1-2H3. The first-order valence-electron chi connectivity index (χ1n) is 3.50. The van der Waals surface area contributed by atoms with E-state index in [1.54, 1.807) is 20.0 Å². The van der Waals surface area contributed by atoms with Gasteiger partial charge in [-0.1, -0.05) is 6.07 Å². The molecule has 11 heavy (non-hydrogen) atoms. The maximum absolute atomic E-state index is 12.8. The maximum atomic E-state index is 12.8. The van der Waals surface area contributed by atoms with Crippen molar-refractivity contribution < 1.29 is 4.39 Å². The van der Waals surface area contributed by atoms with Crippen molar-refractivity contribution in [3.05, 3.63) is 29.3 Å². The molecule has 0 saturated carbocycles. The summed E-state index contributed by atoms with van der Waals surface area (Å²) in [6.07, 6.45) is 0. The lowest BCUT2D eigenvalue weighted by Gasteiger charge is -1.99. The van der Waals surface area contributed by atoms with Crippen LogP contribution in [0.5, 0.6) is 0 Å². The van der Waals surface area contributed by atoms with Crippen molar-refractivity contribution in [1.82, 2.24) is 10.3 Å². The van der Waals surface area contributed by atoms with Crippen molar-refractivity contribution in [1.29, 1.82) is 0 Å². The van der Waals surface area contributed by atoms with Crippen LogP contribution in [-0.2, 0) is 6.54 Å². The highest BCUT2D eigenvalue weighted by molar-refractivity contribution is 5.13. The molecule has 0 aliphatic carbocycles. The van der Waals surface area contributed by atoms with Crippen molar-refractivity contribution in [2.24, 2.45) is 0 Å². The summed E-state index contributed by atoms with van der Waals surface area (Å²) in [6.45, 7) is 2.31. The van der Waals surface area contributed by atoms with Gasteiger partial charge in [-0.15, -0.1) is 0 Å². The summed E-state index contributed by atoms with van der Waals surface area (Å²) in [7, 11) is 1.81. The van der Waals surface area contributed by atoms with E-state index in [0.29, 0.717) is 12.1 Å². The minimum atomic E-state index is -0.377. The Balaban J connectivity index is 2.86. The van der Waals surface area contributed by atoms with Gasteiger partial charge in [0.2, 0.25) is 5.95 Å².